The van der Waals surface area contributed by atoms with Gasteiger partial charge in [0.25, 0.3) is 5.91 Å². The summed E-state index contributed by atoms with van der Waals surface area (Å²) in [5, 5.41) is 2.79. The third-order valence-electron chi connectivity index (χ3n) is 6.06. The molecule has 1 spiro atoms. The number of hydrogen-bond acceptors (Lipinski definition) is 5. The molecule has 3 aromatic carbocycles. The number of aryl methyl sites for hydroxylation is 1. The van der Waals surface area contributed by atoms with Crippen LogP contribution in [-0.4, -0.2) is 37.1 Å². The number of nitrogens with one attached hydrogen (secondary N) is 1. The van der Waals surface area contributed by atoms with Crippen LogP contribution in [0.15, 0.2) is 66.7 Å². The number of anilines is 3. The molecule has 0 unspecified atom stereocenters. The van der Waals surface area contributed by atoms with E-state index in [2.05, 4.69) is 5.32 Å². The molecule has 0 radical (unpaired) electrons. The van der Waals surface area contributed by atoms with Gasteiger partial charge >= 0.3 is 0 Å². The summed E-state index contributed by atoms with van der Waals surface area (Å²) >= 11 is 1.18. The largest absolute Gasteiger partial charge is 0.495 e. The standard InChI is InChI=1S/C26H22FN3O4S/c1-16-10-11-21-19(12-16)26(30(24(32)15-35-26)18-7-5-6-17(27)13-18)25(33)29(21)14-23(31)28-20-8-3-4-9-22(20)34-2/h3-13H,14-15H2,1-2H3,(H,28,31)/t26-/m1/s1. The van der Waals surface area contributed by atoms with Crippen molar-refractivity contribution in [1.29, 1.82) is 0 Å². The van der Waals surface area contributed by atoms with E-state index in [0.717, 1.165) is 5.56 Å². The molecule has 1 fully saturated rings. The van der Waals surface area contributed by atoms with Gasteiger partial charge in [-0.3, -0.25) is 24.2 Å². The van der Waals surface area contributed by atoms with E-state index in [1.54, 1.807) is 36.4 Å². The first-order valence-electron chi connectivity index (χ1n) is 10.9. The monoisotopic (exact) mass is 491 g/mol. The van der Waals surface area contributed by atoms with Gasteiger partial charge in [0.2, 0.25) is 16.7 Å². The van der Waals surface area contributed by atoms with E-state index in [9.17, 15) is 18.8 Å². The molecule has 3 amide bonds. The molecule has 0 bridgehead atoms. The Morgan fingerprint density at radius 1 is 1.11 bits per heavy atom. The fraction of sp³-hybridized carbons (Fsp3) is 0.192. The molecule has 2 aliphatic rings. The molecule has 1 N–H and O–H groups in total. The Morgan fingerprint density at radius 2 is 1.91 bits per heavy atom. The molecular weight excluding hydrogens is 469 g/mol. The molecule has 0 aliphatic carbocycles. The molecule has 178 valence electrons. The van der Waals surface area contributed by atoms with E-state index in [0.29, 0.717) is 28.4 Å². The number of fused-ring (bicyclic) bond motifs is 2. The lowest BCUT2D eigenvalue weighted by Crippen LogP contribution is -2.51. The summed E-state index contributed by atoms with van der Waals surface area (Å²) in [6, 6.07) is 18.1. The number of ether oxygens (including phenoxy) is 1. The predicted molar refractivity (Wildman–Crippen MR) is 133 cm³/mol. The minimum Gasteiger partial charge on any atom is -0.495 e. The zero-order valence-electron chi connectivity index (χ0n) is 19.1. The SMILES string of the molecule is COc1ccccc1NC(=O)CN1C(=O)[C@]2(SCC(=O)N2c2cccc(F)c2)c2cc(C)ccc21. The van der Waals surface area contributed by atoms with Crippen LogP contribution in [0.4, 0.5) is 21.5 Å². The van der Waals surface area contributed by atoms with Crippen LogP contribution >= 0.6 is 11.8 Å². The number of halogens is 1. The van der Waals surface area contributed by atoms with E-state index in [1.165, 1.54) is 46.9 Å². The second kappa shape index (κ2) is 8.74. The maximum Gasteiger partial charge on any atom is 0.269 e. The van der Waals surface area contributed by atoms with Crippen molar-refractivity contribution in [3.05, 3.63) is 83.7 Å². The van der Waals surface area contributed by atoms with Crippen molar-refractivity contribution < 1.29 is 23.5 Å². The number of hydrogen-bond donors (Lipinski definition) is 1. The first-order chi connectivity index (χ1) is 16.8. The summed E-state index contributed by atoms with van der Waals surface area (Å²) in [6.45, 7) is 1.63. The number of para-hydroxylation sites is 2. The zero-order valence-corrected chi connectivity index (χ0v) is 19.9. The summed E-state index contributed by atoms with van der Waals surface area (Å²) in [4.78, 5) is 41.4. The Labute approximate surface area is 205 Å². The van der Waals surface area contributed by atoms with Crippen LogP contribution in [0.2, 0.25) is 0 Å². The van der Waals surface area contributed by atoms with Crippen molar-refractivity contribution >= 4 is 46.5 Å². The molecule has 35 heavy (non-hydrogen) atoms. The third-order valence-corrected chi connectivity index (χ3v) is 7.45. The van der Waals surface area contributed by atoms with Crippen molar-refractivity contribution in [2.24, 2.45) is 0 Å². The van der Waals surface area contributed by atoms with Crippen LogP contribution in [0, 0.1) is 12.7 Å². The van der Waals surface area contributed by atoms with Crippen molar-refractivity contribution in [3.63, 3.8) is 0 Å². The predicted octanol–water partition coefficient (Wildman–Crippen LogP) is 4.06. The molecule has 5 rings (SSSR count). The lowest BCUT2D eigenvalue weighted by Gasteiger charge is -2.33. The van der Waals surface area contributed by atoms with Crippen molar-refractivity contribution in [1.82, 2.24) is 0 Å². The van der Waals surface area contributed by atoms with E-state index < -0.39 is 22.5 Å². The van der Waals surface area contributed by atoms with Crippen LogP contribution in [-0.2, 0) is 19.3 Å². The minimum absolute atomic E-state index is 0.0525. The van der Waals surface area contributed by atoms with Gasteiger partial charge < -0.3 is 10.1 Å². The lowest BCUT2D eigenvalue weighted by atomic mass is 10.0. The van der Waals surface area contributed by atoms with Gasteiger partial charge in [-0.1, -0.05) is 35.9 Å². The number of thioether (sulfide) groups is 1. The lowest BCUT2D eigenvalue weighted by molar-refractivity contribution is -0.124. The first kappa shape index (κ1) is 22.9. The molecule has 0 aromatic heterocycles. The van der Waals surface area contributed by atoms with Gasteiger partial charge in [-0.15, -0.1) is 11.8 Å². The van der Waals surface area contributed by atoms with Crippen LogP contribution in [0.25, 0.3) is 0 Å². The Balaban J connectivity index is 1.54. The third kappa shape index (κ3) is 3.72. The van der Waals surface area contributed by atoms with Crippen LogP contribution in [0.1, 0.15) is 11.1 Å². The van der Waals surface area contributed by atoms with E-state index in [4.69, 9.17) is 4.74 Å². The topological polar surface area (TPSA) is 79.0 Å². The molecule has 1 atom stereocenters. The molecule has 1 saturated heterocycles. The minimum atomic E-state index is -1.42. The first-order valence-corrected chi connectivity index (χ1v) is 11.9. The van der Waals surface area contributed by atoms with Gasteiger partial charge in [-0.05, 0) is 43.3 Å². The summed E-state index contributed by atoms with van der Waals surface area (Å²) < 4.78 is 19.4. The number of amides is 3. The average Bonchev–Trinajstić information content (AvgIpc) is 3.30. The molecular formula is C26H22FN3O4S. The van der Waals surface area contributed by atoms with Crippen molar-refractivity contribution in [3.8, 4) is 5.75 Å². The number of rotatable bonds is 5. The molecule has 3 aromatic rings. The molecule has 0 saturated carbocycles. The zero-order chi connectivity index (χ0) is 24.7. The van der Waals surface area contributed by atoms with Gasteiger partial charge in [0.15, 0.2) is 0 Å². The fourth-order valence-corrected chi connectivity index (χ4v) is 5.92. The van der Waals surface area contributed by atoms with E-state index in [-0.39, 0.29) is 18.2 Å². The Kier molecular flexibility index (Phi) is 5.72. The van der Waals surface area contributed by atoms with Gasteiger partial charge in [-0.2, -0.15) is 0 Å². The Morgan fingerprint density at radius 3 is 2.69 bits per heavy atom. The Hall–Kier alpha value is -3.85. The molecule has 7 nitrogen and oxygen atoms in total. The maximum atomic E-state index is 14.1. The van der Waals surface area contributed by atoms with Gasteiger partial charge in [0, 0.05) is 11.3 Å². The molecule has 2 aliphatic heterocycles. The van der Waals surface area contributed by atoms with E-state index >= 15 is 0 Å². The Bertz CT molecular complexity index is 1360. The molecule has 9 heteroatoms. The summed E-state index contributed by atoms with van der Waals surface area (Å²) in [5.41, 5.74) is 2.82. The number of carbonyl (C=O) groups excluding carboxylic acids is 3. The highest BCUT2D eigenvalue weighted by molar-refractivity contribution is 8.02. The highest BCUT2D eigenvalue weighted by Gasteiger charge is 2.61. The smallest absolute Gasteiger partial charge is 0.269 e. The number of benzene rings is 3. The normalized spacial score (nSPS) is 18.8. The number of methoxy groups -OCH3 is 1. The van der Waals surface area contributed by atoms with Gasteiger partial charge in [0.05, 0.1) is 24.2 Å². The quantitative estimate of drug-likeness (QED) is 0.582. The summed E-state index contributed by atoms with van der Waals surface area (Å²) in [5.74, 6) is -1.11. The highest BCUT2D eigenvalue weighted by Crippen LogP contribution is 2.55. The maximum absolute atomic E-state index is 14.1. The summed E-state index contributed by atoms with van der Waals surface area (Å²) in [6.07, 6.45) is 0. The average molecular weight is 492 g/mol. The summed E-state index contributed by atoms with van der Waals surface area (Å²) in [7, 11) is 1.51. The van der Waals surface area contributed by atoms with Gasteiger partial charge in [0.1, 0.15) is 18.1 Å². The van der Waals surface area contributed by atoms with Crippen LogP contribution in [0.3, 0.4) is 0 Å². The molecule has 2 heterocycles. The second-order valence-corrected chi connectivity index (χ2v) is 9.47. The van der Waals surface area contributed by atoms with Gasteiger partial charge in [-0.25, -0.2) is 4.39 Å². The number of carbonyl (C=O) groups is 3. The van der Waals surface area contributed by atoms with E-state index in [1.807, 2.05) is 19.1 Å². The van der Waals surface area contributed by atoms with Crippen LogP contribution in [0.5, 0.6) is 5.75 Å². The van der Waals surface area contributed by atoms with Crippen LogP contribution < -0.4 is 19.9 Å². The highest BCUT2D eigenvalue weighted by atomic mass is 32.2. The van der Waals surface area contributed by atoms with Crippen molar-refractivity contribution in [2.45, 2.75) is 11.8 Å². The number of nitrogens with zero attached hydrogens (tertiary/aromatic N) is 2. The fourth-order valence-electron chi connectivity index (χ4n) is 4.57. The van der Waals surface area contributed by atoms with Crippen molar-refractivity contribution in [2.75, 3.05) is 34.5 Å². The second-order valence-electron chi connectivity index (χ2n) is 8.30.